The lowest BCUT2D eigenvalue weighted by Crippen LogP contribution is -2.25. The summed E-state index contributed by atoms with van der Waals surface area (Å²) >= 11 is 0. The fourth-order valence-corrected chi connectivity index (χ4v) is 1.94. The molecule has 1 N–H and O–H groups in total. The Kier molecular flexibility index (Phi) is 5.26. The normalized spacial score (nSPS) is 10.7. The van der Waals surface area contributed by atoms with Crippen LogP contribution in [-0.4, -0.2) is 30.0 Å². The molecule has 0 fully saturated rings. The van der Waals surface area contributed by atoms with Crippen molar-refractivity contribution in [2.45, 2.75) is 26.3 Å². The van der Waals surface area contributed by atoms with Gasteiger partial charge < -0.3 is 10.2 Å². The summed E-state index contributed by atoms with van der Waals surface area (Å²) in [6.45, 7) is 4.35. The number of hydrogen-bond donors (Lipinski definition) is 1. The zero-order valence-corrected chi connectivity index (χ0v) is 13.8. The molecule has 0 saturated carbocycles. The van der Waals surface area contributed by atoms with Crippen molar-refractivity contribution in [1.29, 1.82) is 0 Å². The number of hydrogen-bond acceptors (Lipinski definition) is 4. The summed E-state index contributed by atoms with van der Waals surface area (Å²) in [7, 11) is 3.67. The van der Waals surface area contributed by atoms with E-state index in [0.717, 1.165) is 11.3 Å². The minimum Gasteiger partial charge on any atom is -0.347 e. The highest BCUT2D eigenvalue weighted by atomic mass is 19.1. The summed E-state index contributed by atoms with van der Waals surface area (Å²) in [5.41, 5.74) is 1.97. The maximum Gasteiger partial charge on any atom is 0.270 e. The first kappa shape index (κ1) is 16.9. The van der Waals surface area contributed by atoms with Crippen molar-refractivity contribution in [3.63, 3.8) is 0 Å². The third-order valence-electron chi connectivity index (χ3n) is 3.32. The largest absolute Gasteiger partial charge is 0.347 e. The molecule has 0 unspecified atom stereocenters. The van der Waals surface area contributed by atoms with E-state index in [1.54, 1.807) is 23.1 Å². The zero-order chi connectivity index (χ0) is 17.0. The molecule has 23 heavy (non-hydrogen) atoms. The Morgan fingerprint density at radius 2 is 1.87 bits per heavy atom. The van der Waals surface area contributed by atoms with E-state index < -0.39 is 0 Å². The highest BCUT2D eigenvalue weighted by molar-refractivity contribution is 5.92. The highest BCUT2D eigenvalue weighted by Crippen LogP contribution is 2.16. The summed E-state index contributed by atoms with van der Waals surface area (Å²) in [4.78, 5) is 22.8. The Hall–Kier alpha value is -2.50. The number of carbonyl (C=O) groups is 1. The lowest BCUT2D eigenvalue weighted by molar-refractivity contribution is 0.0945. The maximum absolute atomic E-state index is 12.9. The number of carbonyl (C=O) groups excluding carboxylic acids is 1. The smallest absolute Gasteiger partial charge is 0.270 e. The Bertz CT molecular complexity index is 657. The lowest BCUT2D eigenvalue weighted by atomic mass is 10.1. The molecule has 1 aromatic heterocycles. The molecule has 2 aromatic rings. The third-order valence-corrected chi connectivity index (χ3v) is 3.32. The number of aromatic nitrogens is 2. The van der Waals surface area contributed by atoms with Crippen molar-refractivity contribution in [3.05, 3.63) is 53.1 Å². The molecule has 1 amide bonds. The van der Waals surface area contributed by atoms with E-state index in [1.807, 2.05) is 27.9 Å². The molecule has 0 aliphatic heterocycles. The monoisotopic (exact) mass is 316 g/mol. The summed E-state index contributed by atoms with van der Waals surface area (Å²) in [6.07, 6.45) is 0. The van der Waals surface area contributed by atoms with E-state index in [0.29, 0.717) is 18.2 Å². The van der Waals surface area contributed by atoms with Gasteiger partial charge >= 0.3 is 0 Å². The zero-order valence-electron chi connectivity index (χ0n) is 13.8. The van der Waals surface area contributed by atoms with Gasteiger partial charge in [0, 0.05) is 26.3 Å². The molecule has 1 heterocycles. The van der Waals surface area contributed by atoms with Crippen LogP contribution in [0.25, 0.3) is 0 Å². The molecule has 0 bridgehead atoms. The average Bonchev–Trinajstić information content (AvgIpc) is 2.53. The van der Waals surface area contributed by atoms with Gasteiger partial charge in [0.15, 0.2) is 0 Å². The predicted octanol–water partition coefficient (Wildman–Crippen LogP) is 2.74. The van der Waals surface area contributed by atoms with Crippen LogP contribution in [0.3, 0.4) is 0 Å². The van der Waals surface area contributed by atoms with Gasteiger partial charge in [-0.25, -0.2) is 14.4 Å². The Labute approximate surface area is 135 Å². The predicted molar refractivity (Wildman–Crippen MR) is 88.0 cm³/mol. The summed E-state index contributed by atoms with van der Waals surface area (Å²) in [5.74, 6) is 0.123. The molecule has 0 spiro atoms. The number of nitrogens with zero attached hydrogens (tertiary/aromatic N) is 3. The van der Waals surface area contributed by atoms with Crippen LogP contribution in [0, 0.1) is 5.82 Å². The van der Waals surface area contributed by atoms with Crippen molar-refractivity contribution in [2.75, 3.05) is 19.0 Å². The molecule has 5 nitrogen and oxygen atoms in total. The second-order valence-electron chi connectivity index (χ2n) is 5.84. The second kappa shape index (κ2) is 7.17. The fourth-order valence-electron chi connectivity index (χ4n) is 1.94. The Balaban J connectivity index is 2.16. The quantitative estimate of drug-likeness (QED) is 0.921. The van der Waals surface area contributed by atoms with E-state index in [2.05, 4.69) is 15.3 Å². The van der Waals surface area contributed by atoms with Gasteiger partial charge in [-0.05, 0) is 29.7 Å². The second-order valence-corrected chi connectivity index (χ2v) is 5.84. The fraction of sp³-hybridized carbons (Fsp3) is 0.353. The number of halogens is 1. The van der Waals surface area contributed by atoms with Gasteiger partial charge in [0.25, 0.3) is 5.91 Å². The first-order valence-corrected chi connectivity index (χ1v) is 7.45. The average molecular weight is 316 g/mol. The minimum absolute atomic E-state index is 0.195. The van der Waals surface area contributed by atoms with Crippen LogP contribution in [0.15, 0.2) is 30.3 Å². The van der Waals surface area contributed by atoms with Crippen molar-refractivity contribution in [3.8, 4) is 0 Å². The molecule has 1 aromatic carbocycles. The van der Waals surface area contributed by atoms with Crippen LogP contribution in [0.1, 0.15) is 41.5 Å². The van der Waals surface area contributed by atoms with Gasteiger partial charge in [-0.15, -0.1) is 0 Å². The van der Waals surface area contributed by atoms with Crippen LogP contribution < -0.4 is 10.2 Å². The van der Waals surface area contributed by atoms with Crippen LogP contribution >= 0.6 is 0 Å². The molecule has 6 heteroatoms. The SMILES string of the molecule is CC(C)c1cc(C(=O)NCc2ccc(F)cc2)nc(N(C)C)n1. The van der Waals surface area contributed by atoms with Gasteiger partial charge in [-0.3, -0.25) is 4.79 Å². The van der Waals surface area contributed by atoms with Gasteiger partial charge in [0.2, 0.25) is 5.95 Å². The summed E-state index contributed by atoms with van der Waals surface area (Å²) < 4.78 is 12.9. The Morgan fingerprint density at radius 1 is 1.22 bits per heavy atom. The van der Waals surface area contributed by atoms with Crippen molar-refractivity contribution in [1.82, 2.24) is 15.3 Å². The molecule has 0 saturated heterocycles. The number of amides is 1. The molecular weight excluding hydrogens is 295 g/mol. The van der Waals surface area contributed by atoms with Gasteiger partial charge in [-0.1, -0.05) is 26.0 Å². The van der Waals surface area contributed by atoms with Gasteiger partial charge in [-0.2, -0.15) is 0 Å². The number of nitrogens with one attached hydrogen (secondary N) is 1. The molecule has 2 rings (SSSR count). The van der Waals surface area contributed by atoms with Crippen molar-refractivity contribution in [2.24, 2.45) is 0 Å². The first-order chi connectivity index (χ1) is 10.9. The third kappa shape index (κ3) is 4.48. The highest BCUT2D eigenvalue weighted by Gasteiger charge is 2.14. The van der Waals surface area contributed by atoms with Crippen molar-refractivity contribution >= 4 is 11.9 Å². The molecule has 0 radical (unpaired) electrons. The Morgan fingerprint density at radius 3 is 2.43 bits per heavy atom. The standard InChI is InChI=1S/C17H21FN4O/c1-11(2)14-9-15(21-17(20-14)22(3)4)16(23)19-10-12-5-7-13(18)8-6-12/h5-9,11H,10H2,1-4H3,(H,19,23). The van der Waals surface area contributed by atoms with Gasteiger partial charge in [0.05, 0.1) is 0 Å². The van der Waals surface area contributed by atoms with Crippen LogP contribution in [0.5, 0.6) is 0 Å². The van der Waals surface area contributed by atoms with E-state index in [1.165, 1.54) is 12.1 Å². The number of benzene rings is 1. The van der Waals surface area contributed by atoms with E-state index in [4.69, 9.17) is 0 Å². The topological polar surface area (TPSA) is 58.1 Å². The molecule has 0 aliphatic carbocycles. The van der Waals surface area contributed by atoms with Crippen molar-refractivity contribution < 1.29 is 9.18 Å². The van der Waals surface area contributed by atoms with Crippen LogP contribution in [0.4, 0.5) is 10.3 Å². The molecule has 0 atom stereocenters. The van der Waals surface area contributed by atoms with E-state index >= 15 is 0 Å². The molecule has 122 valence electrons. The number of anilines is 1. The number of rotatable bonds is 5. The van der Waals surface area contributed by atoms with Crippen LogP contribution in [0.2, 0.25) is 0 Å². The van der Waals surface area contributed by atoms with Crippen LogP contribution in [-0.2, 0) is 6.54 Å². The lowest BCUT2D eigenvalue weighted by Gasteiger charge is -2.15. The maximum atomic E-state index is 12.9. The summed E-state index contributed by atoms with van der Waals surface area (Å²) in [5, 5.41) is 2.80. The molecule has 0 aliphatic rings. The molecular formula is C17H21FN4O. The minimum atomic E-state index is -0.298. The van der Waals surface area contributed by atoms with E-state index in [-0.39, 0.29) is 17.6 Å². The summed E-state index contributed by atoms with van der Waals surface area (Å²) in [6, 6.07) is 7.72. The van der Waals surface area contributed by atoms with Gasteiger partial charge in [0.1, 0.15) is 11.5 Å². The first-order valence-electron chi connectivity index (χ1n) is 7.45. The van der Waals surface area contributed by atoms with E-state index in [9.17, 15) is 9.18 Å².